The first-order valence-electron chi connectivity index (χ1n) is 17.2. The maximum Gasteiger partial charge on any atom is 0.0565 e. The van der Waals surface area contributed by atoms with E-state index in [1.165, 1.54) is 106 Å². The molecule has 0 N–H and O–H groups in total. The molecule has 2 atom stereocenters. The number of benzene rings is 2. The van der Waals surface area contributed by atoms with Crippen LogP contribution in [0.5, 0.6) is 0 Å². The van der Waals surface area contributed by atoms with Gasteiger partial charge < -0.3 is 9.80 Å². The molecule has 0 aliphatic carbocycles. The van der Waals surface area contributed by atoms with Crippen LogP contribution in [0.3, 0.4) is 0 Å². The lowest BCUT2D eigenvalue weighted by Crippen LogP contribution is -2.42. The van der Waals surface area contributed by atoms with E-state index in [0.717, 1.165) is 13.0 Å². The molecule has 2 aliphatic rings. The second-order valence-electron chi connectivity index (χ2n) is 14.0. The van der Waals surface area contributed by atoms with Crippen molar-refractivity contribution in [3.63, 3.8) is 0 Å². The van der Waals surface area contributed by atoms with E-state index >= 15 is 0 Å². The lowest BCUT2D eigenvalue weighted by atomic mass is 9.78. The maximum atomic E-state index is 2.77. The minimum atomic E-state index is 0.113. The van der Waals surface area contributed by atoms with Crippen molar-refractivity contribution in [1.82, 2.24) is 0 Å². The van der Waals surface area contributed by atoms with Crippen LogP contribution >= 0.6 is 0 Å². The third-order valence-electron chi connectivity index (χ3n) is 10.3. The Bertz CT molecular complexity index is 1100. The van der Waals surface area contributed by atoms with Crippen LogP contribution in [0.15, 0.2) is 60.7 Å². The molecule has 0 radical (unpaired) electrons. The molecule has 0 spiro atoms. The molecule has 2 nitrogen and oxygen atoms in total. The summed E-state index contributed by atoms with van der Waals surface area (Å²) >= 11 is 0. The summed E-state index contributed by atoms with van der Waals surface area (Å²) in [6.45, 7) is 16.8. The Kier molecular flexibility index (Phi) is 11.4. The van der Waals surface area contributed by atoms with Crippen LogP contribution < -0.4 is 9.80 Å². The van der Waals surface area contributed by atoms with Gasteiger partial charge in [0.05, 0.1) is 6.04 Å². The monoisotopic (exact) mass is 556 g/mol. The Morgan fingerprint density at radius 2 is 1.05 bits per heavy atom. The number of nitrogens with zero attached hydrogens (tertiary/aromatic N) is 2. The van der Waals surface area contributed by atoms with Gasteiger partial charge in [-0.15, -0.1) is 0 Å². The van der Waals surface area contributed by atoms with Crippen molar-refractivity contribution in [1.29, 1.82) is 0 Å². The number of hydrogen-bond acceptors (Lipinski definition) is 2. The van der Waals surface area contributed by atoms with Crippen LogP contribution in [0.4, 0.5) is 11.4 Å². The number of rotatable bonds is 17. The fraction of sp³-hybridized carbons (Fsp3) is 0.641. The van der Waals surface area contributed by atoms with Gasteiger partial charge in [0.2, 0.25) is 0 Å². The highest BCUT2D eigenvalue weighted by Crippen LogP contribution is 2.48. The van der Waals surface area contributed by atoms with Gasteiger partial charge in [0.1, 0.15) is 0 Å². The quantitative estimate of drug-likeness (QED) is 0.141. The molecule has 0 fully saturated rings. The van der Waals surface area contributed by atoms with E-state index in [1.54, 1.807) is 0 Å². The molecule has 2 heteroatoms. The van der Waals surface area contributed by atoms with Gasteiger partial charge in [0.15, 0.2) is 0 Å². The molecule has 0 saturated heterocycles. The predicted octanol–water partition coefficient (Wildman–Crippen LogP) is 11.0. The third kappa shape index (κ3) is 7.23. The Balaban J connectivity index is 1.47. The highest BCUT2D eigenvalue weighted by molar-refractivity contribution is 5.66. The summed E-state index contributed by atoms with van der Waals surface area (Å²) in [5.74, 6) is 0. The second-order valence-corrected chi connectivity index (χ2v) is 14.0. The van der Waals surface area contributed by atoms with Gasteiger partial charge in [-0.1, -0.05) is 154 Å². The summed E-state index contributed by atoms with van der Waals surface area (Å²) in [7, 11) is 0. The number of fused-ring (bicyclic) bond motifs is 2. The molecule has 2 aromatic rings. The Morgan fingerprint density at radius 1 is 0.585 bits per heavy atom. The van der Waals surface area contributed by atoms with Crippen molar-refractivity contribution in [3.8, 4) is 0 Å². The molecule has 41 heavy (non-hydrogen) atoms. The summed E-state index contributed by atoms with van der Waals surface area (Å²) in [5, 5.41) is 0. The van der Waals surface area contributed by atoms with Crippen LogP contribution in [0, 0.1) is 0 Å². The fourth-order valence-electron chi connectivity index (χ4n) is 7.74. The molecule has 0 bridgehead atoms. The van der Waals surface area contributed by atoms with Crippen LogP contribution in [0.25, 0.3) is 0 Å². The van der Waals surface area contributed by atoms with Gasteiger partial charge in [0.25, 0.3) is 0 Å². The van der Waals surface area contributed by atoms with Crippen molar-refractivity contribution in [2.45, 2.75) is 148 Å². The Labute approximate surface area is 253 Å². The van der Waals surface area contributed by atoms with Crippen LogP contribution in [-0.2, 0) is 10.8 Å². The van der Waals surface area contributed by atoms with Crippen molar-refractivity contribution in [3.05, 3.63) is 71.8 Å². The molecular weight excluding hydrogens is 496 g/mol. The summed E-state index contributed by atoms with van der Waals surface area (Å²) in [4.78, 5) is 5.50. The summed E-state index contributed by atoms with van der Waals surface area (Å²) in [5.41, 5.74) is 6.24. The maximum absolute atomic E-state index is 2.77. The van der Waals surface area contributed by atoms with Gasteiger partial charge >= 0.3 is 0 Å². The van der Waals surface area contributed by atoms with E-state index in [-0.39, 0.29) is 10.8 Å². The van der Waals surface area contributed by atoms with Gasteiger partial charge in [-0.05, 0) is 42.5 Å². The Hall–Kier alpha value is -2.22. The third-order valence-corrected chi connectivity index (χ3v) is 10.3. The smallest absolute Gasteiger partial charge is 0.0565 e. The summed E-state index contributed by atoms with van der Waals surface area (Å²) in [6, 6.07) is 19.3. The largest absolute Gasteiger partial charge is 0.367 e. The lowest BCUT2D eigenvalue weighted by Gasteiger charge is -2.35. The van der Waals surface area contributed by atoms with Crippen LogP contribution in [0.1, 0.15) is 136 Å². The fourth-order valence-corrected chi connectivity index (χ4v) is 7.74. The molecule has 2 aromatic carbocycles. The molecular formula is C39H60N2. The average Bonchev–Trinajstić information content (AvgIpc) is 3.31. The van der Waals surface area contributed by atoms with E-state index in [2.05, 4.69) is 112 Å². The SMILES string of the molecule is CCCCCCCCN1c2ccccc2C(C)(C)C1C=CCC1N(CCCCCCCC)c2ccccc2C1(C)C. The molecule has 2 unspecified atom stereocenters. The predicted molar refractivity (Wildman–Crippen MR) is 182 cm³/mol. The molecule has 0 amide bonds. The highest BCUT2D eigenvalue weighted by atomic mass is 15.2. The molecule has 0 aromatic heterocycles. The molecule has 2 aliphatic heterocycles. The zero-order valence-corrected chi connectivity index (χ0v) is 27.4. The van der Waals surface area contributed by atoms with Gasteiger partial charge in [0, 0.05) is 41.3 Å². The van der Waals surface area contributed by atoms with Crippen molar-refractivity contribution in [2.24, 2.45) is 0 Å². The summed E-state index contributed by atoms with van der Waals surface area (Å²) < 4.78 is 0. The molecule has 2 heterocycles. The van der Waals surface area contributed by atoms with E-state index in [9.17, 15) is 0 Å². The van der Waals surface area contributed by atoms with Gasteiger partial charge in [-0.25, -0.2) is 0 Å². The topological polar surface area (TPSA) is 6.48 Å². The molecule has 0 saturated carbocycles. The zero-order valence-electron chi connectivity index (χ0n) is 27.4. The standard InChI is InChI=1S/C39H60N2/c1-7-9-11-13-15-21-30-40-34-26-19-17-24-32(34)38(3,4)36(40)28-23-29-37-39(5,6)33-25-18-20-27-35(33)41(37)31-22-16-14-12-10-8-2/h17-20,23-28,36-37H,7-16,21-22,29-31H2,1-6H3. The number of para-hydroxylation sites is 2. The molecule has 4 rings (SSSR count). The lowest BCUT2D eigenvalue weighted by molar-refractivity contribution is 0.411. The first-order valence-corrected chi connectivity index (χ1v) is 17.2. The second kappa shape index (κ2) is 14.8. The van der Waals surface area contributed by atoms with E-state index < -0.39 is 0 Å². The first kappa shape index (κ1) is 31.7. The number of hydrogen-bond donors (Lipinski definition) is 0. The normalized spacial score (nSPS) is 20.6. The summed E-state index contributed by atoms with van der Waals surface area (Å²) in [6.07, 6.45) is 22.4. The minimum absolute atomic E-state index is 0.113. The van der Waals surface area contributed by atoms with Crippen molar-refractivity contribution >= 4 is 11.4 Å². The highest BCUT2D eigenvalue weighted by Gasteiger charge is 2.45. The zero-order chi connectivity index (χ0) is 29.3. The van der Waals surface area contributed by atoms with Crippen LogP contribution in [0.2, 0.25) is 0 Å². The average molecular weight is 557 g/mol. The molecule has 226 valence electrons. The van der Waals surface area contributed by atoms with Crippen molar-refractivity contribution in [2.75, 3.05) is 22.9 Å². The van der Waals surface area contributed by atoms with E-state index in [0.29, 0.717) is 12.1 Å². The number of anilines is 2. The Morgan fingerprint density at radius 3 is 1.63 bits per heavy atom. The minimum Gasteiger partial charge on any atom is -0.367 e. The van der Waals surface area contributed by atoms with Gasteiger partial charge in [-0.2, -0.15) is 0 Å². The number of unbranched alkanes of at least 4 members (excludes halogenated alkanes) is 10. The van der Waals surface area contributed by atoms with E-state index in [1.807, 2.05) is 0 Å². The van der Waals surface area contributed by atoms with Crippen molar-refractivity contribution < 1.29 is 0 Å². The van der Waals surface area contributed by atoms with Crippen LogP contribution in [-0.4, -0.2) is 25.2 Å². The first-order chi connectivity index (χ1) is 19.8. The van der Waals surface area contributed by atoms with E-state index in [4.69, 9.17) is 0 Å². The van der Waals surface area contributed by atoms with Gasteiger partial charge in [-0.3, -0.25) is 0 Å².